The molecule has 1 aliphatic carbocycles. The molecular weight excluding hydrogens is 338 g/mol. The van der Waals surface area contributed by atoms with Gasteiger partial charge in [0.2, 0.25) is 0 Å². The monoisotopic (exact) mass is 369 g/mol. The Morgan fingerprint density at radius 3 is 2.73 bits per heavy atom. The first-order chi connectivity index (χ1) is 12.6. The Bertz CT molecular complexity index is 486. The van der Waals surface area contributed by atoms with Crippen LogP contribution in [0.4, 0.5) is 9.59 Å². The molecule has 3 fully saturated rings. The molecule has 3 aliphatic rings. The molecule has 26 heavy (non-hydrogen) atoms. The molecule has 0 unspecified atom stereocenters. The zero-order valence-corrected chi connectivity index (χ0v) is 15.6. The van der Waals surface area contributed by atoms with Gasteiger partial charge >= 0.3 is 12.1 Å². The number of likely N-dealkylation sites (tertiary alicyclic amines) is 1. The summed E-state index contributed by atoms with van der Waals surface area (Å²) < 4.78 is 16.2. The van der Waals surface area contributed by atoms with Crippen LogP contribution < -0.4 is 10.6 Å². The standard InChI is InChI=1S/C18H31N3O5/c1-24-18(7-4-8-18)13-19-16(22)21-9-3-2-5-15(21)12-26-17(23)20-14-6-10-25-11-14/h14-15H,2-13H2,1H3,(H,19,22)(H,20,23)/t14-,15-/m0/s1. The minimum absolute atomic E-state index is 0.0287. The molecule has 8 nitrogen and oxygen atoms in total. The molecule has 0 aromatic heterocycles. The number of carbonyl (C=O) groups is 2. The summed E-state index contributed by atoms with van der Waals surface area (Å²) >= 11 is 0. The van der Waals surface area contributed by atoms with Crippen molar-refractivity contribution in [1.82, 2.24) is 15.5 Å². The third-order valence-corrected chi connectivity index (χ3v) is 5.81. The van der Waals surface area contributed by atoms with E-state index in [1.54, 1.807) is 12.0 Å². The molecular formula is C18H31N3O5. The second-order valence-electron chi connectivity index (χ2n) is 7.55. The Kier molecular flexibility index (Phi) is 6.58. The topological polar surface area (TPSA) is 89.1 Å². The fraction of sp³-hybridized carbons (Fsp3) is 0.889. The fourth-order valence-corrected chi connectivity index (χ4v) is 3.83. The number of piperidine rings is 1. The van der Waals surface area contributed by atoms with Crippen molar-refractivity contribution >= 4 is 12.1 Å². The number of carbonyl (C=O) groups excluding carboxylic acids is 2. The van der Waals surface area contributed by atoms with Gasteiger partial charge in [0.1, 0.15) is 6.61 Å². The van der Waals surface area contributed by atoms with Crippen LogP contribution in [0.1, 0.15) is 44.9 Å². The van der Waals surface area contributed by atoms with E-state index in [0.717, 1.165) is 44.9 Å². The van der Waals surface area contributed by atoms with Crippen molar-refractivity contribution < 1.29 is 23.8 Å². The highest BCUT2D eigenvalue weighted by Gasteiger charge is 2.38. The van der Waals surface area contributed by atoms with Gasteiger partial charge in [0.05, 0.1) is 24.3 Å². The van der Waals surface area contributed by atoms with E-state index >= 15 is 0 Å². The van der Waals surface area contributed by atoms with E-state index in [0.29, 0.717) is 26.3 Å². The summed E-state index contributed by atoms with van der Waals surface area (Å²) in [6.07, 6.45) is 6.37. The minimum atomic E-state index is -0.431. The number of rotatable bonds is 6. The smallest absolute Gasteiger partial charge is 0.407 e. The van der Waals surface area contributed by atoms with E-state index in [2.05, 4.69) is 10.6 Å². The van der Waals surface area contributed by atoms with Crippen LogP contribution in [0.2, 0.25) is 0 Å². The first kappa shape index (κ1) is 19.2. The molecule has 8 heteroatoms. The first-order valence-electron chi connectivity index (χ1n) is 9.72. The van der Waals surface area contributed by atoms with Gasteiger partial charge in [-0.1, -0.05) is 0 Å². The Balaban J connectivity index is 1.44. The lowest BCUT2D eigenvalue weighted by atomic mass is 9.80. The van der Waals surface area contributed by atoms with Gasteiger partial charge in [0.15, 0.2) is 0 Å². The summed E-state index contributed by atoms with van der Waals surface area (Å²) in [5.41, 5.74) is -0.194. The third-order valence-electron chi connectivity index (χ3n) is 5.81. The van der Waals surface area contributed by atoms with Gasteiger partial charge in [-0.3, -0.25) is 0 Å². The van der Waals surface area contributed by atoms with Crippen molar-refractivity contribution in [1.29, 1.82) is 0 Å². The third kappa shape index (κ3) is 4.79. The van der Waals surface area contributed by atoms with Crippen LogP contribution in [0, 0.1) is 0 Å². The number of urea groups is 1. The summed E-state index contributed by atoms with van der Waals surface area (Å²) in [6.45, 7) is 2.66. The Morgan fingerprint density at radius 2 is 2.08 bits per heavy atom. The van der Waals surface area contributed by atoms with Crippen molar-refractivity contribution in [3.8, 4) is 0 Å². The van der Waals surface area contributed by atoms with Crippen molar-refractivity contribution in [3.63, 3.8) is 0 Å². The molecule has 148 valence electrons. The van der Waals surface area contributed by atoms with Crippen molar-refractivity contribution in [2.45, 2.75) is 62.6 Å². The van der Waals surface area contributed by atoms with Crippen LogP contribution in [-0.4, -0.2) is 74.7 Å². The van der Waals surface area contributed by atoms with Gasteiger partial charge in [0, 0.05) is 26.8 Å². The average molecular weight is 369 g/mol. The van der Waals surface area contributed by atoms with E-state index in [-0.39, 0.29) is 30.3 Å². The number of alkyl carbamates (subject to hydrolysis) is 1. The number of amides is 3. The normalized spacial score (nSPS) is 27.5. The summed E-state index contributed by atoms with van der Waals surface area (Å²) in [6, 6.07) is -0.138. The summed E-state index contributed by atoms with van der Waals surface area (Å²) in [7, 11) is 1.71. The quantitative estimate of drug-likeness (QED) is 0.743. The lowest BCUT2D eigenvalue weighted by Gasteiger charge is -2.42. The Morgan fingerprint density at radius 1 is 1.23 bits per heavy atom. The molecule has 2 atom stereocenters. The highest BCUT2D eigenvalue weighted by atomic mass is 16.6. The van der Waals surface area contributed by atoms with E-state index in [1.807, 2.05) is 0 Å². The molecule has 0 radical (unpaired) electrons. The van der Waals surface area contributed by atoms with Gasteiger partial charge in [-0.25, -0.2) is 9.59 Å². The fourth-order valence-electron chi connectivity index (χ4n) is 3.83. The number of nitrogens with one attached hydrogen (secondary N) is 2. The van der Waals surface area contributed by atoms with Gasteiger partial charge in [0.25, 0.3) is 0 Å². The highest BCUT2D eigenvalue weighted by molar-refractivity contribution is 5.75. The van der Waals surface area contributed by atoms with Gasteiger partial charge in [-0.05, 0) is 44.9 Å². The van der Waals surface area contributed by atoms with Crippen molar-refractivity contribution in [2.24, 2.45) is 0 Å². The largest absolute Gasteiger partial charge is 0.447 e. The highest BCUT2D eigenvalue weighted by Crippen LogP contribution is 2.34. The molecule has 0 bridgehead atoms. The molecule has 2 heterocycles. The predicted octanol–water partition coefficient (Wildman–Crippen LogP) is 1.63. The van der Waals surface area contributed by atoms with Crippen molar-refractivity contribution in [3.05, 3.63) is 0 Å². The zero-order valence-electron chi connectivity index (χ0n) is 15.6. The SMILES string of the molecule is COC1(CNC(=O)N2CCCC[C@H]2COC(=O)N[C@H]2CCOC2)CCC1. The van der Waals surface area contributed by atoms with Crippen LogP contribution in [-0.2, 0) is 14.2 Å². The molecule has 2 N–H and O–H groups in total. The predicted molar refractivity (Wildman–Crippen MR) is 95.0 cm³/mol. The second kappa shape index (κ2) is 8.90. The van der Waals surface area contributed by atoms with E-state index in [9.17, 15) is 9.59 Å². The number of hydrogen-bond donors (Lipinski definition) is 2. The first-order valence-corrected chi connectivity index (χ1v) is 9.72. The lowest BCUT2D eigenvalue weighted by Crippen LogP contribution is -2.55. The Hall–Kier alpha value is -1.54. The van der Waals surface area contributed by atoms with Gasteiger partial charge in [-0.2, -0.15) is 0 Å². The summed E-state index contributed by atoms with van der Waals surface area (Å²) in [4.78, 5) is 26.4. The lowest BCUT2D eigenvalue weighted by molar-refractivity contribution is -0.0682. The molecule has 1 saturated carbocycles. The molecule has 3 amide bonds. The van der Waals surface area contributed by atoms with Crippen LogP contribution >= 0.6 is 0 Å². The van der Waals surface area contributed by atoms with Crippen LogP contribution in [0.5, 0.6) is 0 Å². The maximum absolute atomic E-state index is 12.6. The minimum Gasteiger partial charge on any atom is -0.447 e. The van der Waals surface area contributed by atoms with Crippen LogP contribution in [0.15, 0.2) is 0 Å². The number of ether oxygens (including phenoxy) is 3. The molecule has 3 rings (SSSR count). The second-order valence-corrected chi connectivity index (χ2v) is 7.55. The number of methoxy groups -OCH3 is 1. The Labute approximate surface area is 154 Å². The molecule has 2 aliphatic heterocycles. The summed E-state index contributed by atoms with van der Waals surface area (Å²) in [5, 5.41) is 5.82. The maximum Gasteiger partial charge on any atom is 0.407 e. The van der Waals surface area contributed by atoms with E-state index in [4.69, 9.17) is 14.2 Å². The van der Waals surface area contributed by atoms with Crippen molar-refractivity contribution in [2.75, 3.05) is 40.0 Å². The molecule has 0 aromatic carbocycles. The maximum atomic E-state index is 12.6. The summed E-state index contributed by atoms with van der Waals surface area (Å²) in [5.74, 6) is 0. The van der Waals surface area contributed by atoms with Crippen LogP contribution in [0.25, 0.3) is 0 Å². The molecule has 0 spiro atoms. The molecule has 2 saturated heterocycles. The average Bonchev–Trinajstić information content (AvgIpc) is 3.12. The van der Waals surface area contributed by atoms with Gasteiger partial charge in [-0.15, -0.1) is 0 Å². The van der Waals surface area contributed by atoms with Gasteiger partial charge < -0.3 is 29.7 Å². The van der Waals surface area contributed by atoms with E-state index < -0.39 is 6.09 Å². The van der Waals surface area contributed by atoms with E-state index in [1.165, 1.54) is 0 Å². The zero-order chi connectivity index (χ0) is 18.4. The number of nitrogens with zero attached hydrogens (tertiary/aromatic N) is 1. The van der Waals surface area contributed by atoms with Crippen LogP contribution in [0.3, 0.4) is 0 Å². The molecule has 0 aromatic rings. The number of hydrogen-bond acceptors (Lipinski definition) is 5.